The van der Waals surface area contributed by atoms with Crippen molar-refractivity contribution in [1.82, 2.24) is 0 Å². The van der Waals surface area contributed by atoms with Crippen LogP contribution in [0.3, 0.4) is 0 Å². The Morgan fingerprint density at radius 2 is 1.55 bits per heavy atom. The zero-order valence-electron chi connectivity index (χ0n) is 12.0. The maximum atomic E-state index is 9.87. The van der Waals surface area contributed by atoms with Gasteiger partial charge in [-0.2, -0.15) is 5.26 Å². The van der Waals surface area contributed by atoms with Gasteiger partial charge in [0.1, 0.15) is 0 Å². The summed E-state index contributed by atoms with van der Waals surface area (Å²) < 4.78 is 0. The van der Waals surface area contributed by atoms with Crippen LogP contribution in [0, 0.1) is 11.3 Å². The fourth-order valence-electron chi connectivity index (χ4n) is 2.67. The van der Waals surface area contributed by atoms with Crippen molar-refractivity contribution in [2.24, 2.45) is 0 Å². The molecule has 0 aliphatic carbocycles. The summed E-state index contributed by atoms with van der Waals surface area (Å²) >= 11 is 0. The molecule has 2 aromatic carbocycles. The van der Waals surface area contributed by atoms with E-state index in [0.29, 0.717) is 0 Å². The Bertz CT molecular complexity index is 553. The summed E-state index contributed by atoms with van der Waals surface area (Å²) in [6.07, 6.45) is 3.90. The molecule has 1 unspecified atom stereocenters. The molecular weight excluding hydrogens is 242 g/mol. The van der Waals surface area contributed by atoms with E-state index in [1.165, 1.54) is 5.56 Å². The molecule has 20 heavy (non-hydrogen) atoms. The van der Waals surface area contributed by atoms with Gasteiger partial charge in [0.25, 0.3) is 0 Å². The molecule has 0 amide bonds. The van der Waals surface area contributed by atoms with E-state index in [-0.39, 0.29) is 0 Å². The minimum atomic E-state index is -0.404. The average Bonchev–Trinajstić information content (AvgIpc) is 2.53. The van der Waals surface area contributed by atoms with Gasteiger partial charge in [-0.15, -0.1) is 0 Å². The summed E-state index contributed by atoms with van der Waals surface area (Å²) in [5.41, 5.74) is 1.97. The van der Waals surface area contributed by atoms with Gasteiger partial charge in [0, 0.05) is 0 Å². The second kappa shape index (κ2) is 6.91. The third kappa shape index (κ3) is 3.27. The summed E-state index contributed by atoms with van der Waals surface area (Å²) in [4.78, 5) is 0. The summed E-state index contributed by atoms with van der Waals surface area (Å²) in [6.45, 7) is 2.18. The number of hydrogen-bond donors (Lipinski definition) is 0. The quantitative estimate of drug-likeness (QED) is 0.728. The first kappa shape index (κ1) is 14.3. The smallest absolute Gasteiger partial charge is 0.0862 e. The van der Waals surface area contributed by atoms with Crippen LogP contribution in [0.4, 0.5) is 0 Å². The van der Waals surface area contributed by atoms with E-state index < -0.39 is 5.41 Å². The highest BCUT2D eigenvalue weighted by molar-refractivity contribution is 5.35. The molecule has 0 aliphatic rings. The zero-order valence-corrected chi connectivity index (χ0v) is 12.0. The molecule has 2 aromatic rings. The molecule has 1 atom stereocenters. The van der Waals surface area contributed by atoms with Gasteiger partial charge < -0.3 is 0 Å². The fourth-order valence-corrected chi connectivity index (χ4v) is 2.67. The zero-order chi connectivity index (χ0) is 14.3. The van der Waals surface area contributed by atoms with Gasteiger partial charge in [-0.3, -0.25) is 0 Å². The van der Waals surface area contributed by atoms with Crippen LogP contribution in [-0.4, -0.2) is 0 Å². The van der Waals surface area contributed by atoms with Crippen molar-refractivity contribution in [3.63, 3.8) is 0 Å². The van der Waals surface area contributed by atoms with Crippen LogP contribution in [0.2, 0.25) is 0 Å². The number of rotatable bonds is 6. The maximum Gasteiger partial charge on any atom is 0.0862 e. The number of nitrogens with zero attached hydrogens (tertiary/aromatic N) is 1. The van der Waals surface area contributed by atoms with E-state index in [1.54, 1.807) is 0 Å². The highest BCUT2D eigenvalue weighted by Crippen LogP contribution is 2.33. The first-order valence-electron chi connectivity index (χ1n) is 7.31. The molecule has 0 aromatic heterocycles. The van der Waals surface area contributed by atoms with Gasteiger partial charge >= 0.3 is 0 Å². The fraction of sp³-hybridized carbons (Fsp3) is 0.316. The molecule has 0 saturated heterocycles. The van der Waals surface area contributed by atoms with Crippen molar-refractivity contribution in [2.45, 2.75) is 38.0 Å². The van der Waals surface area contributed by atoms with Crippen molar-refractivity contribution in [2.75, 3.05) is 0 Å². The van der Waals surface area contributed by atoms with Gasteiger partial charge in [-0.25, -0.2) is 0 Å². The Kier molecular flexibility index (Phi) is 4.96. The Hall–Kier alpha value is -2.07. The third-order valence-electron chi connectivity index (χ3n) is 3.85. The van der Waals surface area contributed by atoms with Crippen molar-refractivity contribution in [3.05, 3.63) is 71.8 Å². The minimum Gasteiger partial charge on any atom is -0.197 e. The van der Waals surface area contributed by atoms with E-state index in [0.717, 1.165) is 31.2 Å². The molecule has 0 saturated carbocycles. The number of unbranched alkanes of at least 4 members (excludes halogenated alkanes) is 1. The topological polar surface area (TPSA) is 23.8 Å². The second-order valence-electron chi connectivity index (χ2n) is 5.33. The van der Waals surface area contributed by atoms with E-state index in [1.807, 2.05) is 36.4 Å². The number of nitriles is 1. The first-order valence-corrected chi connectivity index (χ1v) is 7.31. The number of hydrogen-bond acceptors (Lipinski definition) is 1. The number of benzene rings is 2. The van der Waals surface area contributed by atoms with Crippen molar-refractivity contribution in [1.29, 1.82) is 5.26 Å². The molecule has 0 radical (unpaired) electrons. The molecule has 0 spiro atoms. The van der Waals surface area contributed by atoms with Crippen LogP contribution in [-0.2, 0) is 11.8 Å². The summed E-state index contributed by atoms with van der Waals surface area (Å²) in [5, 5.41) is 9.87. The molecular formula is C19H21N. The maximum absolute atomic E-state index is 9.87. The van der Waals surface area contributed by atoms with Gasteiger partial charge in [0.15, 0.2) is 0 Å². The van der Waals surface area contributed by atoms with E-state index >= 15 is 0 Å². The SMILES string of the molecule is CCCCC(C#N)(Cc1ccccc1)c1ccccc1. The lowest BCUT2D eigenvalue weighted by molar-refractivity contribution is 0.476. The van der Waals surface area contributed by atoms with Crippen LogP contribution in [0.25, 0.3) is 0 Å². The Balaban J connectivity index is 2.35. The minimum absolute atomic E-state index is 0.404. The second-order valence-corrected chi connectivity index (χ2v) is 5.33. The monoisotopic (exact) mass is 263 g/mol. The van der Waals surface area contributed by atoms with Crippen molar-refractivity contribution >= 4 is 0 Å². The van der Waals surface area contributed by atoms with Crippen LogP contribution < -0.4 is 0 Å². The van der Waals surface area contributed by atoms with E-state index in [9.17, 15) is 5.26 Å². The van der Waals surface area contributed by atoms with E-state index in [2.05, 4.69) is 37.3 Å². The lowest BCUT2D eigenvalue weighted by atomic mass is 9.73. The molecule has 0 bridgehead atoms. The average molecular weight is 263 g/mol. The molecule has 0 fully saturated rings. The van der Waals surface area contributed by atoms with Gasteiger partial charge in [-0.05, 0) is 24.0 Å². The van der Waals surface area contributed by atoms with Gasteiger partial charge in [0.2, 0.25) is 0 Å². The molecule has 0 N–H and O–H groups in total. The van der Waals surface area contributed by atoms with Crippen molar-refractivity contribution in [3.8, 4) is 6.07 Å². The standard InChI is InChI=1S/C19H21N/c1-2-3-14-19(16-20,18-12-8-5-9-13-18)15-17-10-6-4-7-11-17/h4-13H,2-3,14-15H2,1H3. The normalized spacial score (nSPS) is 13.4. The summed E-state index contributed by atoms with van der Waals surface area (Å²) in [5.74, 6) is 0. The molecule has 102 valence electrons. The lowest BCUT2D eigenvalue weighted by Crippen LogP contribution is -2.27. The Morgan fingerprint density at radius 1 is 0.950 bits per heavy atom. The van der Waals surface area contributed by atoms with Crippen molar-refractivity contribution < 1.29 is 0 Å². The molecule has 2 rings (SSSR count). The Morgan fingerprint density at radius 3 is 2.10 bits per heavy atom. The highest BCUT2D eigenvalue weighted by Gasteiger charge is 2.31. The predicted molar refractivity (Wildman–Crippen MR) is 83.4 cm³/mol. The first-order chi connectivity index (χ1) is 9.80. The van der Waals surface area contributed by atoms with Crippen LogP contribution in [0.1, 0.15) is 37.3 Å². The molecule has 1 heteroatoms. The van der Waals surface area contributed by atoms with E-state index in [4.69, 9.17) is 0 Å². The highest BCUT2D eigenvalue weighted by atomic mass is 14.4. The van der Waals surface area contributed by atoms with Gasteiger partial charge in [0.05, 0.1) is 11.5 Å². The molecule has 0 aliphatic heterocycles. The van der Waals surface area contributed by atoms with Crippen LogP contribution >= 0.6 is 0 Å². The van der Waals surface area contributed by atoms with Gasteiger partial charge in [-0.1, -0.05) is 80.4 Å². The summed E-state index contributed by atoms with van der Waals surface area (Å²) in [6, 6.07) is 23.2. The molecule has 1 nitrogen and oxygen atoms in total. The predicted octanol–water partition coefficient (Wildman–Crippen LogP) is 4.88. The Labute approximate surface area is 121 Å². The largest absolute Gasteiger partial charge is 0.197 e. The van der Waals surface area contributed by atoms with Crippen LogP contribution in [0.5, 0.6) is 0 Å². The van der Waals surface area contributed by atoms with Crippen LogP contribution in [0.15, 0.2) is 60.7 Å². The summed E-state index contributed by atoms with van der Waals surface area (Å²) in [7, 11) is 0. The molecule has 0 heterocycles. The third-order valence-corrected chi connectivity index (χ3v) is 3.85. The lowest BCUT2D eigenvalue weighted by Gasteiger charge is -2.27.